The second-order valence-corrected chi connectivity index (χ2v) is 4.11. The largest absolute Gasteiger partial charge is 0.507 e. The van der Waals surface area contributed by atoms with Gasteiger partial charge in [0.1, 0.15) is 11.8 Å². The van der Waals surface area contributed by atoms with Crippen molar-refractivity contribution < 1.29 is 14.7 Å². The van der Waals surface area contributed by atoms with Crippen LogP contribution in [0.4, 0.5) is 0 Å². The van der Waals surface area contributed by atoms with Gasteiger partial charge in [0.05, 0.1) is 5.56 Å². The van der Waals surface area contributed by atoms with Crippen molar-refractivity contribution in [2.75, 3.05) is 6.54 Å². The lowest BCUT2D eigenvalue weighted by atomic mass is 10.1. The monoisotopic (exact) mass is 250 g/mol. The molecule has 5 heteroatoms. The van der Waals surface area contributed by atoms with Crippen LogP contribution < -0.4 is 10.6 Å². The van der Waals surface area contributed by atoms with Crippen molar-refractivity contribution in [1.82, 2.24) is 10.6 Å². The average Bonchev–Trinajstić information content (AvgIpc) is 2.32. The molecule has 0 bridgehead atoms. The summed E-state index contributed by atoms with van der Waals surface area (Å²) in [5.74, 6) is -0.811. The zero-order valence-electron chi connectivity index (χ0n) is 10.8. The number of hydrogen-bond donors (Lipinski definition) is 3. The number of rotatable bonds is 4. The van der Waals surface area contributed by atoms with Gasteiger partial charge >= 0.3 is 0 Å². The summed E-state index contributed by atoms with van der Waals surface area (Å²) in [5.41, 5.74) is 1.04. The predicted molar refractivity (Wildman–Crippen MR) is 68.5 cm³/mol. The molecule has 0 aliphatic carbocycles. The van der Waals surface area contributed by atoms with Crippen LogP contribution in [-0.4, -0.2) is 29.5 Å². The van der Waals surface area contributed by atoms with Crippen molar-refractivity contribution in [3.05, 3.63) is 29.3 Å². The molecular weight excluding hydrogens is 232 g/mol. The van der Waals surface area contributed by atoms with Crippen molar-refractivity contribution in [1.29, 1.82) is 0 Å². The summed E-state index contributed by atoms with van der Waals surface area (Å²) < 4.78 is 0. The van der Waals surface area contributed by atoms with Gasteiger partial charge in [-0.15, -0.1) is 0 Å². The second-order valence-electron chi connectivity index (χ2n) is 4.11. The van der Waals surface area contributed by atoms with Gasteiger partial charge < -0.3 is 15.7 Å². The van der Waals surface area contributed by atoms with Crippen LogP contribution >= 0.6 is 0 Å². The highest BCUT2D eigenvalue weighted by atomic mass is 16.3. The summed E-state index contributed by atoms with van der Waals surface area (Å²) in [6.45, 7) is 5.73. The van der Waals surface area contributed by atoms with E-state index in [4.69, 9.17) is 0 Å². The van der Waals surface area contributed by atoms with Crippen molar-refractivity contribution >= 4 is 11.8 Å². The fourth-order valence-electron chi connectivity index (χ4n) is 1.50. The Morgan fingerprint density at radius 1 is 1.39 bits per heavy atom. The zero-order valence-corrected chi connectivity index (χ0v) is 10.8. The average molecular weight is 250 g/mol. The van der Waals surface area contributed by atoms with Gasteiger partial charge in [0, 0.05) is 6.54 Å². The second kappa shape index (κ2) is 6.05. The maximum absolute atomic E-state index is 11.9. The number of benzene rings is 1. The van der Waals surface area contributed by atoms with Gasteiger partial charge in [0.25, 0.3) is 5.91 Å². The van der Waals surface area contributed by atoms with Crippen molar-refractivity contribution in [2.45, 2.75) is 26.8 Å². The predicted octanol–water partition coefficient (Wildman–Crippen LogP) is 0.955. The summed E-state index contributed by atoms with van der Waals surface area (Å²) in [5, 5.41) is 14.7. The van der Waals surface area contributed by atoms with E-state index in [-0.39, 0.29) is 17.2 Å². The molecular formula is C13H18N2O3. The van der Waals surface area contributed by atoms with Gasteiger partial charge in [-0.3, -0.25) is 9.59 Å². The van der Waals surface area contributed by atoms with Crippen LogP contribution in [0, 0.1) is 6.92 Å². The van der Waals surface area contributed by atoms with Gasteiger partial charge in [-0.25, -0.2) is 0 Å². The van der Waals surface area contributed by atoms with Crippen molar-refractivity contribution in [2.24, 2.45) is 0 Å². The van der Waals surface area contributed by atoms with Crippen LogP contribution in [-0.2, 0) is 4.79 Å². The molecule has 2 amide bonds. The van der Waals surface area contributed by atoms with Crippen LogP contribution in [0.1, 0.15) is 29.8 Å². The Labute approximate surface area is 106 Å². The number of likely N-dealkylation sites (N-methyl/N-ethyl adjacent to an activating group) is 1. The van der Waals surface area contributed by atoms with Gasteiger partial charge in [-0.05, 0) is 32.9 Å². The van der Waals surface area contributed by atoms with E-state index in [0.717, 1.165) is 5.56 Å². The Morgan fingerprint density at radius 3 is 2.67 bits per heavy atom. The van der Waals surface area contributed by atoms with E-state index in [0.29, 0.717) is 6.54 Å². The molecule has 0 fully saturated rings. The number of phenolic OH excluding ortho intramolecular Hbond substituents is 1. The highest BCUT2D eigenvalue weighted by Crippen LogP contribution is 2.17. The molecule has 1 aromatic rings. The minimum absolute atomic E-state index is 0.0961. The Bertz CT molecular complexity index is 458. The van der Waals surface area contributed by atoms with E-state index in [1.165, 1.54) is 6.07 Å². The summed E-state index contributed by atoms with van der Waals surface area (Å²) >= 11 is 0. The number of carbonyl (C=O) groups excluding carboxylic acids is 2. The number of carbonyl (C=O) groups is 2. The Balaban J connectivity index is 2.76. The third-order valence-electron chi connectivity index (χ3n) is 2.49. The molecule has 0 saturated heterocycles. The smallest absolute Gasteiger partial charge is 0.255 e. The summed E-state index contributed by atoms with van der Waals surface area (Å²) in [6.07, 6.45) is 0. The van der Waals surface area contributed by atoms with Crippen LogP contribution in [0.2, 0.25) is 0 Å². The fraction of sp³-hybridized carbons (Fsp3) is 0.385. The third-order valence-corrected chi connectivity index (χ3v) is 2.49. The van der Waals surface area contributed by atoms with Crippen LogP contribution in [0.15, 0.2) is 18.2 Å². The summed E-state index contributed by atoms with van der Waals surface area (Å²) in [4.78, 5) is 23.4. The summed E-state index contributed by atoms with van der Waals surface area (Å²) in [6, 6.07) is 4.10. The highest BCUT2D eigenvalue weighted by Gasteiger charge is 2.17. The van der Waals surface area contributed by atoms with Crippen molar-refractivity contribution in [3.8, 4) is 5.75 Å². The number of aryl methyl sites for hydroxylation is 1. The first-order valence-corrected chi connectivity index (χ1v) is 5.84. The molecule has 0 radical (unpaired) electrons. The van der Waals surface area contributed by atoms with Gasteiger partial charge in [-0.2, -0.15) is 0 Å². The lowest BCUT2D eigenvalue weighted by molar-refractivity contribution is -0.122. The molecule has 1 rings (SSSR count). The Kier molecular flexibility index (Phi) is 4.71. The minimum atomic E-state index is -0.641. The molecule has 1 aromatic carbocycles. The topological polar surface area (TPSA) is 78.4 Å². The molecule has 0 saturated carbocycles. The molecule has 0 unspecified atom stereocenters. The van der Waals surface area contributed by atoms with E-state index in [2.05, 4.69) is 10.6 Å². The minimum Gasteiger partial charge on any atom is -0.507 e. The summed E-state index contributed by atoms with van der Waals surface area (Å²) in [7, 11) is 0. The number of amides is 2. The quantitative estimate of drug-likeness (QED) is 0.744. The number of aromatic hydroxyl groups is 1. The molecule has 18 heavy (non-hydrogen) atoms. The number of phenols is 1. The van der Waals surface area contributed by atoms with Gasteiger partial charge in [-0.1, -0.05) is 11.6 Å². The molecule has 98 valence electrons. The SMILES string of the molecule is CCNC(=O)[C@H](C)NC(=O)c1cc(C)ccc1O. The van der Waals surface area contributed by atoms with Crippen LogP contribution in [0.5, 0.6) is 5.75 Å². The maximum atomic E-state index is 11.9. The first kappa shape index (κ1) is 14.0. The standard InChI is InChI=1S/C13H18N2O3/c1-4-14-12(17)9(3)15-13(18)10-7-8(2)5-6-11(10)16/h5-7,9,16H,4H2,1-3H3,(H,14,17)(H,15,18)/t9-/m0/s1. The normalized spacial score (nSPS) is 11.7. The van der Waals surface area contributed by atoms with E-state index in [1.54, 1.807) is 26.0 Å². The van der Waals surface area contributed by atoms with E-state index < -0.39 is 11.9 Å². The highest BCUT2D eigenvalue weighted by molar-refractivity contribution is 5.99. The maximum Gasteiger partial charge on any atom is 0.255 e. The molecule has 0 aliphatic rings. The number of nitrogens with one attached hydrogen (secondary N) is 2. The number of hydrogen-bond acceptors (Lipinski definition) is 3. The molecule has 0 heterocycles. The molecule has 3 N–H and O–H groups in total. The molecule has 5 nitrogen and oxygen atoms in total. The van der Waals surface area contributed by atoms with Gasteiger partial charge in [0.15, 0.2) is 0 Å². The van der Waals surface area contributed by atoms with Crippen molar-refractivity contribution in [3.63, 3.8) is 0 Å². The van der Waals surface area contributed by atoms with E-state index >= 15 is 0 Å². The zero-order chi connectivity index (χ0) is 13.7. The fourth-order valence-corrected chi connectivity index (χ4v) is 1.50. The Morgan fingerprint density at radius 2 is 2.06 bits per heavy atom. The van der Waals surface area contributed by atoms with E-state index in [9.17, 15) is 14.7 Å². The molecule has 0 spiro atoms. The first-order chi connectivity index (χ1) is 8.45. The third kappa shape index (κ3) is 3.48. The van der Waals surface area contributed by atoms with Crippen LogP contribution in [0.25, 0.3) is 0 Å². The van der Waals surface area contributed by atoms with E-state index in [1.807, 2.05) is 6.92 Å². The van der Waals surface area contributed by atoms with Crippen LogP contribution in [0.3, 0.4) is 0 Å². The lowest BCUT2D eigenvalue weighted by Crippen LogP contribution is -2.44. The Hall–Kier alpha value is -2.04. The molecule has 1 atom stereocenters. The molecule has 0 aromatic heterocycles. The lowest BCUT2D eigenvalue weighted by Gasteiger charge is -2.14. The molecule has 0 aliphatic heterocycles. The first-order valence-electron chi connectivity index (χ1n) is 5.84. The van der Waals surface area contributed by atoms with Gasteiger partial charge in [0.2, 0.25) is 5.91 Å².